The largest absolute Gasteiger partial charge is 0.488 e. The zero-order valence-electron chi connectivity index (χ0n) is 12.3. The average molecular weight is 279 g/mol. The smallest absolute Gasteiger partial charge is 0.423 e. The highest BCUT2D eigenvalue weighted by atomic mass is 19.1. The maximum Gasteiger partial charge on any atom is 0.488 e. The monoisotopic (exact) mass is 279 g/mol. The molecule has 0 aromatic heterocycles. The highest BCUT2D eigenvalue weighted by Crippen LogP contribution is 2.30. The van der Waals surface area contributed by atoms with Gasteiger partial charge in [0.1, 0.15) is 5.82 Å². The molecule has 20 heavy (non-hydrogen) atoms. The molecular weight excluding hydrogens is 256 g/mol. The molecule has 3 nitrogen and oxygen atoms in total. The van der Waals surface area contributed by atoms with Gasteiger partial charge in [0, 0.05) is 12.1 Å². The van der Waals surface area contributed by atoms with Gasteiger partial charge < -0.3 is 10.0 Å². The summed E-state index contributed by atoms with van der Waals surface area (Å²) in [5, 5.41) is 18.1. The molecule has 0 atom stereocenters. The van der Waals surface area contributed by atoms with Crippen molar-refractivity contribution in [3.05, 3.63) is 29.6 Å². The number of hydrogen-bond donors (Lipinski definition) is 2. The molecule has 0 bridgehead atoms. The fraction of sp³-hybridized carbons (Fsp3) is 0.600. The lowest BCUT2D eigenvalue weighted by atomic mass is 9.80. The molecule has 110 valence electrons. The van der Waals surface area contributed by atoms with Gasteiger partial charge in [-0.2, -0.15) is 0 Å². The van der Waals surface area contributed by atoms with Crippen LogP contribution in [-0.2, 0) is 6.54 Å². The van der Waals surface area contributed by atoms with E-state index in [0.717, 1.165) is 25.9 Å². The summed E-state index contributed by atoms with van der Waals surface area (Å²) in [4.78, 5) is 2.28. The Labute approximate surface area is 120 Å². The van der Waals surface area contributed by atoms with Gasteiger partial charge in [-0.3, -0.25) is 4.90 Å². The molecule has 0 radical (unpaired) electrons. The first-order valence-electron chi connectivity index (χ1n) is 7.24. The van der Waals surface area contributed by atoms with Crippen LogP contribution in [0.4, 0.5) is 4.39 Å². The summed E-state index contributed by atoms with van der Waals surface area (Å²) in [6.45, 7) is 7.14. The van der Waals surface area contributed by atoms with Gasteiger partial charge in [0.2, 0.25) is 0 Å². The van der Waals surface area contributed by atoms with Crippen LogP contribution in [-0.4, -0.2) is 35.2 Å². The quantitative estimate of drug-likeness (QED) is 0.824. The van der Waals surface area contributed by atoms with Crippen LogP contribution in [0.15, 0.2) is 18.2 Å². The van der Waals surface area contributed by atoms with Crippen molar-refractivity contribution in [2.45, 2.75) is 39.7 Å². The second-order valence-corrected chi connectivity index (χ2v) is 6.52. The number of nitrogens with zero attached hydrogens (tertiary/aromatic N) is 1. The van der Waals surface area contributed by atoms with E-state index in [2.05, 4.69) is 18.7 Å². The third-order valence-electron chi connectivity index (χ3n) is 4.20. The summed E-state index contributed by atoms with van der Waals surface area (Å²) in [5.74, 6) is -0.362. The van der Waals surface area contributed by atoms with Crippen LogP contribution in [0.2, 0.25) is 0 Å². The van der Waals surface area contributed by atoms with E-state index in [1.165, 1.54) is 12.5 Å². The molecule has 0 saturated carbocycles. The van der Waals surface area contributed by atoms with E-state index in [1.54, 1.807) is 12.1 Å². The number of halogens is 1. The first kappa shape index (κ1) is 15.5. The summed E-state index contributed by atoms with van der Waals surface area (Å²) >= 11 is 0. The van der Waals surface area contributed by atoms with E-state index in [0.29, 0.717) is 17.5 Å². The van der Waals surface area contributed by atoms with Crippen LogP contribution >= 0.6 is 0 Å². The minimum Gasteiger partial charge on any atom is -0.423 e. The lowest BCUT2D eigenvalue weighted by Gasteiger charge is -2.23. The van der Waals surface area contributed by atoms with Gasteiger partial charge in [-0.05, 0) is 49.3 Å². The zero-order valence-corrected chi connectivity index (χ0v) is 12.3. The molecule has 5 heteroatoms. The van der Waals surface area contributed by atoms with Gasteiger partial charge in [0.25, 0.3) is 0 Å². The SMILES string of the molecule is CC1(C)CCCN(Cc2ccc(B(O)O)cc2F)CC1. The molecule has 1 heterocycles. The fourth-order valence-corrected chi connectivity index (χ4v) is 2.73. The molecule has 2 rings (SSSR count). The summed E-state index contributed by atoms with van der Waals surface area (Å²) in [6.07, 6.45) is 3.48. The Morgan fingerprint density at radius 1 is 1.25 bits per heavy atom. The number of likely N-dealkylation sites (tertiary alicyclic amines) is 1. The molecule has 1 aromatic carbocycles. The minimum absolute atomic E-state index is 0.197. The third kappa shape index (κ3) is 4.04. The van der Waals surface area contributed by atoms with E-state index < -0.39 is 7.12 Å². The zero-order chi connectivity index (χ0) is 14.8. The van der Waals surface area contributed by atoms with Gasteiger partial charge >= 0.3 is 7.12 Å². The molecule has 0 amide bonds. The second-order valence-electron chi connectivity index (χ2n) is 6.52. The maximum atomic E-state index is 14.0. The minimum atomic E-state index is -1.61. The predicted molar refractivity (Wildman–Crippen MR) is 79.1 cm³/mol. The first-order valence-corrected chi connectivity index (χ1v) is 7.24. The second kappa shape index (κ2) is 6.25. The Morgan fingerprint density at radius 2 is 2.00 bits per heavy atom. The third-order valence-corrected chi connectivity index (χ3v) is 4.20. The number of hydrogen-bond acceptors (Lipinski definition) is 3. The van der Waals surface area contributed by atoms with Crippen LogP contribution in [0.1, 0.15) is 38.7 Å². The van der Waals surface area contributed by atoms with Crippen molar-refractivity contribution >= 4 is 12.6 Å². The Bertz CT molecular complexity index is 465. The van der Waals surface area contributed by atoms with Gasteiger partial charge in [0.05, 0.1) is 0 Å². The molecular formula is C15H23BFNO2. The Kier molecular flexibility index (Phi) is 4.84. The van der Waals surface area contributed by atoms with Crippen LogP contribution in [0.5, 0.6) is 0 Å². The fourth-order valence-electron chi connectivity index (χ4n) is 2.73. The van der Waals surface area contributed by atoms with Gasteiger partial charge in [0.15, 0.2) is 0 Å². The van der Waals surface area contributed by atoms with Crippen molar-refractivity contribution in [1.29, 1.82) is 0 Å². The van der Waals surface area contributed by atoms with E-state index in [4.69, 9.17) is 10.0 Å². The molecule has 1 aliphatic rings. The lowest BCUT2D eigenvalue weighted by molar-refractivity contribution is 0.253. The molecule has 0 unspecified atom stereocenters. The highest BCUT2D eigenvalue weighted by molar-refractivity contribution is 6.58. The van der Waals surface area contributed by atoms with Crippen LogP contribution in [0.25, 0.3) is 0 Å². The van der Waals surface area contributed by atoms with Gasteiger partial charge in [-0.15, -0.1) is 0 Å². The van der Waals surface area contributed by atoms with Crippen molar-refractivity contribution in [2.24, 2.45) is 5.41 Å². The van der Waals surface area contributed by atoms with Crippen molar-refractivity contribution in [2.75, 3.05) is 13.1 Å². The Balaban J connectivity index is 2.03. The first-order chi connectivity index (χ1) is 9.37. The van der Waals surface area contributed by atoms with Crippen molar-refractivity contribution in [3.63, 3.8) is 0 Å². The Morgan fingerprint density at radius 3 is 2.65 bits per heavy atom. The van der Waals surface area contributed by atoms with Crippen LogP contribution in [0, 0.1) is 11.2 Å². The highest BCUT2D eigenvalue weighted by Gasteiger charge is 2.23. The van der Waals surface area contributed by atoms with E-state index in [-0.39, 0.29) is 11.3 Å². The van der Waals surface area contributed by atoms with E-state index in [1.807, 2.05) is 0 Å². The topological polar surface area (TPSA) is 43.7 Å². The summed E-state index contributed by atoms with van der Waals surface area (Å²) < 4.78 is 14.0. The van der Waals surface area contributed by atoms with Crippen LogP contribution in [0.3, 0.4) is 0 Å². The van der Waals surface area contributed by atoms with Crippen molar-refractivity contribution < 1.29 is 14.4 Å². The standard InChI is InChI=1S/C15H23BFNO2/c1-15(2)6-3-8-18(9-7-15)11-12-4-5-13(16(19)20)10-14(12)17/h4-5,10,19-20H,3,6-9,11H2,1-2H3. The lowest BCUT2D eigenvalue weighted by Crippen LogP contribution is -2.31. The van der Waals surface area contributed by atoms with Crippen molar-refractivity contribution in [1.82, 2.24) is 4.90 Å². The van der Waals surface area contributed by atoms with Crippen LogP contribution < -0.4 is 5.46 Å². The van der Waals surface area contributed by atoms with Gasteiger partial charge in [-0.1, -0.05) is 26.0 Å². The molecule has 0 spiro atoms. The number of rotatable bonds is 3. The normalized spacial score (nSPS) is 19.6. The number of benzene rings is 1. The maximum absolute atomic E-state index is 14.0. The summed E-state index contributed by atoms with van der Waals surface area (Å²) in [7, 11) is -1.61. The van der Waals surface area contributed by atoms with E-state index >= 15 is 0 Å². The Hall–Kier alpha value is -0.905. The molecule has 1 aliphatic heterocycles. The predicted octanol–water partition coefficient (Wildman–Crippen LogP) is 1.52. The molecule has 2 N–H and O–H groups in total. The average Bonchev–Trinajstić information content (AvgIpc) is 2.53. The molecule has 1 fully saturated rings. The van der Waals surface area contributed by atoms with Gasteiger partial charge in [-0.25, -0.2) is 4.39 Å². The summed E-state index contributed by atoms with van der Waals surface area (Å²) in [5.41, 5.74) is 1.19. The molecule has 1 saturated heterocycles. The molecule has 1 aromatic rings. The molecule has 0 aliphatic carbocycles. The summed E-state index contributed by atoms with van der Waals surface area (Å²) in [6, 6.07) is 4.44. The van der Waals surface area contributed by atoms with Crippen molar-refractivity contribution in [3.8, 4) is 0 Å². The van der Waals surface area contributed by atoms with E-state index in [9.17, 15) is 4.39 Å².